The molecule has 0 saturated heterocycles. The summed E-state index contributed by atoms with van der Waals surface area (Å²) in [4.78, 5) is 8.52. The van der Waals surface area contributed by atoms with Crippen LogP contribution in [0.3, 0.4) is 0 Å². The summed E-state index contributed by atoms with van der Waals surface area (Å²) < 4.78 is 2.30. The van der Waals surface area contributed by atoms with E-state index in [0.717, 1.165) is 35.6 Å². The van der Waals surface area contributed by atoms with Gasteiger partial charge in [-0.15, -0.1) is 0 Å². The number of nitrogens with two attached hydrogens (primary N) is 1. The smallest absolute Gasteiger partial charge is 0.123 e. The number of rotatable bonds is 5. The Hall–Kier alpha value is -1.84. The number of nitrogen functional groups attached to an aromatic ring is 1. The highest BCUT2D eigenvalue weighted by molar-refractivity contribution is 5.59. The van der Waals surface area contributed by atoms with Crippen LogP contribution in [0.25, 0.3) is 11.3 Å². The fraction of sp³-hybridized carbons (Fsp3) is 0.500. The molecular weight excluding hydrogens is 248 g/mol. The van der Waals surface area contributed by atoms with Crippen molar-refractivity contribution in [2.24, 2.45) is 17.8 Å². The van der Waals surface area contributed by atoms with E-state index in [-0.39, 0.29) is 0 Å². The lowest BCUT2D eigenvalue weighted by molar-refractivity contribution is 0.350. The molecule has 20 heavy (non-hydrogen) atoms. The van der Waals surface area contributed by atoms with Crippen molar-refractivity contribution in [1.29, 1.82) is 0 Å². The second kappa shape index (κ2) is 4.62. The van der Waals surface area contributed by atoms with Crippen molar-refractivity contribution in [2.75, 3.05) is 5.73 Å². The molecule has 2 fully saturated rings. The molecule has 4 nitrogen and oxygen atoms in total. The maximum Gasteiger partial charge on any atom is 0.123 e. The van der Waals surface area contributed by atoms with Crippen LogP contribution in [0.4, 0.5) is 5.82 Å². The van der Waals surface area contributed by atoms with Gasteiger partial charge < -0.3 is 10.3 Å². The van der Waals surface area contributed by atoms with Crippen molar-refractivity contribution in [2.45, 2.75) is 32.2 Å². The van der Waals surface area contributed by atoms with E-state index in [9.17, 15) is 0 Å². The van der Waals surface area contributed by atoms with E-state index < -0.39 is 0 Å². The minimum absolute atomic E-state index is 0.564. The molecule has 0 bridgehead atoms. The average Bonchev–Trinajstić information content (AvgIpc) is 3.37. The van der Waals surface area contributed by atoms with Gasteiger partial charge in [0.15, 0.2) is 0 Å². The molecular formula is C16H20N4. The van der Waals surface area contributed by atoms with E-state index in [2.05, 4.69) is 14.5 Å². The zero-order chi connectivity index (χ0) is 13.5. The molecule has 0 amide bonds. The van der Waals surface area contributed by atoms with E-state index in [1.165, 1.54) is 25.7 Å². The van der Waals surface area contributed by atoms with E-state index >= 15 is 0 Å². The molecule has 104 valence electrons. The van der Waals surface area contributed by atoms with Gasteiger partial charge in [-0.25, -0.2) is 9.97 Å². The fourth-order valence-corrected chi connectivity index (χ4v) is 3.22. The van der Waals surface area contributed by atoms with Crippen molar-refractivity contribution >= 4 is 5.82 Å². The van der Waals surface area contributed by atoms with Crippen LogP contribution in [0.1, 0.15) is 25.7 Å². The zero-order valence-corrected chi connectivity index (χ0v) is 11.6. The van der Waals surface area contributed by atoms with Gasteiger partial charge in [-0.2, -0.15) is 0 Å². The summed E-state index contributed by atoms with van der Waals surface area (Å²) in [6.45, 7) is 1.11. The summed E-state index contributed by atoms with van der Waals surface area (Å²) in [6, 6.07) is 3.88. The number of hydrogen-bond acceptors (Lipinski definition) is 3. The summed E-state index contributed by atoms with van der Waals surface area (Å²) >= 11 is 0. The van der Waals surface area contributed by atoms with Crippen molar-refractivity contribution in [3.8, 4) is 11.3 Å². The van der Waals surface area contributed by atoms with Crippen LogP contribution >= 0.6 is 0 Å². The van der Waals surface area contributed by atoms with Gasteiger partial charge in [0.05, 0.1) is 18.2 Å². The predicted molar refractivity (Wildman–Crippen MR) is 78.8 cm³/mol. The highest BCUT2D eigenvalue weighted by atomic mass is 15.1. The number of aromatic nitrogens is 3. The van der Waals surface area contributed by atoms with Crippen LogP contribution in [-0.2, 0) is 6.54 Å². The molecule has 0 unspecified atom stereocenters. The van der Waals surface area contributed by atoms with Crippen molar-refractivity contribution in [3.05, 3.63) is 30.9 Å². The van der Waals surface area contributed by atoms with E-state index in [1.807, 2.05) is 30.9 Å². The van der Waals surface area contributed by atoms with Gasteiger partial charge in [-0.3, -0.25) is 0 Å². The second-order valence-corrected chi connectivity index (χ2v) is 6.24. The molecule has 2 heterocycles. The van der Waals surface area contributed by atoms with Crippen LogP contribution in [0.15, 0.2) is 30.9 Å². The van der Waals surface area contributed by atoms with Crippen LogP contribution in [0, 0.1) is 17.8 Å². The molecule has 0 spiro atoms. The first-order valence-corrected chi connectivity index (χ1v) is 7.53. The number of hydrogen-bond donors (Lipinski definition) is 1. The maximum atomic E-state index is 5.66. The van der Waals surface area contributed by atoms with Crippen LogP contribution in [0.5, 0.6) is 0 Å². The van der Waals surface area contributed by atoms with Crippen LogP contribution in [-0.4, -0.2) is 14.5 Å². The lowest BCUT2D eigenvalue weighted by Gasteiger charge is -2.18. The van der Waals surface area contributed by atoms with Gasteiger partial charge in [0.25, 0.3) is 0 Å². The Bertz CT molecular complexity index is 581. The molecule has 0 radical (unpaired) electrons. The SMILES string of the molecule is Nc1ccc(-c2cncn2CC(C2CC2)C2CC2)cn1. The first kappa shape index (κ1) is 11.9. The van der Waals surface area contributed by atoms with Gasteiger partial charge in [-0.05, 0) is 55.6 Å². The van der Waals surface area contributed by atoms with Gasteiger partial charge in [0.2, 0.25) is 0 Å². The molecule has 4 rings (SSSR count). The van der Waals surface area contributed by atoms with Crippen LogP contribution < -0.4 is 5.73 Å². The maximum absolute atomic E-state index is 5.66. The van der Waals surface area contributed by atoms with E-state index in [0.29, 0.717) is 5.82 Å². The highest BCUT2D eigenvalue weighted by Crippen LogP contribution is 2.50. The number of nitrogens with zero attached hydrogens (tertiary/aromatic N) is 3. The summed E-state index contributed by atoms with van der Waals surface area (Å²) in [6.07, 6.45) is 11.4. The highest BCUT2D eigenvalue weighted by Gasteiger charge is 2.41. The third-order valence-electron chi connectivity index (χ3n) is 4.66. The first-order chi connectivity index (χ1) is 9.81. The molecule has 0 aromatic carbocycles. The number of anilines is 1. The van der Waals surface area contributed by atoms with Gasteiger partial charge in [0.1, 0.15) is 5.82 Å². The molecule has 2 aliphatic rings. The summed E-state index contributed by atoms with van der Waals surface area (Å²) in [5, 5.41) is 0. The minimum atomic E-state index is 0.564. The van der Waals surface area contributed by atoms with E-state index in [4.69, 9.17) is 5.73 Å². The predicted octanol–water partition coefficient (Wildman–Crippen LogP) is 2.96. The Labute approximate surface area is 119 Å². The third-order valence-corrected chi connectivity index (χ3v) is 4.66. The molecule has 2 aliphatic carbocycles. The lowest BCUT2D eigenvalue weighted by Crippen LogP contribution is -2.15. The van der Waals surface area contributed by atoms with Crippen LogP contribution in [0.2, 0.25) is 0 Å². The summed E-state index contributed by atoms with van der Waals surface area (Å²) in [5.41, 5.74) is 7.92. The average molecular weight is 268 g/mol. The Morgan fingerprint density at radius 1 is 1.15 bits per heavy atom. The summed E-state index contributed by atoms with van der Waals surface area (Å²) in [5.74, 6) is 3.34. The lowest BCUT2D eigenvalue weighted by atomic mass is 9.97. The third kappa shape index (κ3) is 2.30. The monoisotopic (exact) mass is 268 g/mol. The van der Waals surface area contributed by atoms with Crippen molar-refractivity contribution in [3.63, 3.8) is 0 Å². The van der Waals surface area contributed by atoms with Gasteiger partial charge >= 0.3 is 0 Å². The molecule has 2 aromatic heterocycles. The minimum Gasteiger partial charge on any atom is -0.384 e. The fourth-order valence-electron chi connectivity index (χ4n) is 3.22. The van der Waals surface area contributed by atoms with Gasteiger partial charge in [0, 0.05) is 18.3 Å². The normalized spacial score (nSPS) is 18.6. The molecule has 0 aliphatic heterocycles. The summed E-state index contributed by atoms with van der Waals surface area (Å²) in [7, 11) is 0. The molecule has 4 heteroatoms. The molecule has 2 aromatic rings. The van der Waals surface area contributed by atoms with Gasteiger partial charge in [-0.1, -0.05) is 0 Å². The zero-order valence-electron chi connectivity index (χ0n) is 11.6. The molecule has 2 saturated carbocycles. The largest absolute Gasteiger partial charge is 0.384 e. The Morgan fingerprint density at radius 3 is 2.50 bits per heavy atom. The van der Waals surface area contributed by atoms with Crippen molar-refractivity contribution < 1.29 is 0 Å². The standard InChI is InChI=1S/C16H20N4/c17-16-6-5-13(7-19-16)15-8-18-10-20(15)9-14(11-1-2-11)12-3-4-12/h5-8,10-12,14H,1-4,9H2,(H2,17,19). The molecule has 0 atom stereocenters. The Morgan fingerprint density at radius 2 is 1.90 bits per heavy atom. The molecule has 2 N–H and O–H groups in total. The number of pyridine rings is 1. The quantitative estimate of drug-likeness (QED) is 0.907. The number of imidazole rings is 1. The Balaban J connectivity index is 1.59. The van der Waals surface area contributed by atoms with E-state index in [1.54, 1.807) is 0 Å². The second-order valence-electron chi connectivity index (χ2n) is 6.24. The van der Waals surface area contributed by atoms with Crippen molar-refractivity contribution in [1.82, 2.24) is 14.5 Å². The first-order valence-electron chi connectivity index (χ1n) is 7.53. The Kier molecular flexibility index (Phi) is 2.76. The topological polar surface area (TPSA) is 56.7 Å².